The highest BCUT2D eigenvalue weighted by Gasteiger charge is 2.36. The van der Waals surface area contributed by atoms with Gasteiger partial charge in [0.2, 0.25) is 5.91 Å². The van der Waals surface area contributed by atoms with E-state index < -0.39 is 11.4 Å². The molecule has 0 rings (SSSR count). The molecule has 4 nitrogen and oxygen atoms in total. The molecule has 0 bridgehead atoms. The van der Waals surface area contributed by atoms with Crippen LogP contribution in [0.25, 0.3) is 0 Å². The summed E-state index contributed by atoms with van der Waals surface area (Å²) in [5.74, 6) is -0.803. The quantitative estimate of drug-likeness (QED) is 0.521. The number of nitrogens with one attached hydrogen (secondary N) is 1. The predicted octanol–water partition coefficient (Wildman–Crippen LogP) is 0.712. The fraction of sp³-hybridized carbons (Fsp3) is 0.778. The molecule has 0 saturated heterocycles. The second-order valence-corrected chi connectivity index (χ2v) is 3.37. The number of hydrogen-bond acceptors (Lipinski definition) is 3. The summed E-state index contributed by atoms with van der Waals surface area (Å²) >= 11 is 0. The van der Waals surface area contributed by atoms with Crippen molar-refractivity contribution in [3.05, 3.63) is 0 Å². The van der Waals surface area contributed by atoms with E-state index >= 15 is 0 Å². The Labute approximate surface area is 78.6 Å². The summed E-state index contributed by atoms with van der Waals surface area (Å²) in [5.41, 5.74) is -1.09. The second-order valence-electron chi connectivity index (χ2n) is 3.37. The van der Waals surface area contributed by atoms with Gasteiger partial charge in [-0.25, -0.2) is 0 Å². The van der Waals surface area contributed by atoms with E-state index in [0.29, 0.717) is 6.54 Å². The Kier molecular flexibility index (Phi) is 4.45. The van der Waals surface area contributed by atoms with Crippen molar-refractivity contribution in [2.45, 2.75) is 27.2 Å². The highest BCUT2D eigenvalue weighted by Crippen LogP contribution is 2.16. The average Bonchev–Trinajstić information content (AvgIpc) is 2.12. The first-order valence-corrected chi connectivity index (χ1v) is 4.33. The molecule has 0 aromatic heterocycles. The van der Waals surface area contributed by atoms with E-state index in [1.807, 2.05) is 6.92 Å². The van der Waals surface area contributed by atoms with Crippen molar-refractivity contribution < 1.29 is 14.3 Å². The third-order valence-electron chi connectivity index (χ3n) is 1.80. The average molecular weight is 187 g/mol. The molecule has 0 unspecified atom stereocenters. The van der Waals surface area contributed by atoms with Gasteiger partial charge in [0.15, 0.2) is 0 Å². The molecule has 0 aliphatic heterocycles. The topological polar surface area (TPSA) is 55.4 Å². The lowest BCUT2D eigenvalue weighted by Gasteiger charge is -2.20. The molecule has 13 heavy (non-hydrogen) atoms. The Morgan fingerprint density at radius 3 is 2.31 bits per heavy atom. The molecule has 0 atom stereocenters. The van der Waals surface area contributed by atoms with Crippen molar-refractivity contribution in [1.82, 2.24) is 5.32 Å². The van der Waals surface area contributed by atoms with Crippen LogP contribution in [-0.4, -0.2) is 25.5 Å². The fourth-order valence-electron chi connectivity index (χ4n) is 0.807. The minimum absolute atomic E-state index is 0.291. The zero-order chi connectivity index (χ0) is 10.5. The van der Waals surface area contributed by atoms with Crippen LogP contribution in [0.2, 0.25) is 0 Å². The molecule has 0 saturated carbocycles. The SMILES string of the molecule is CCCNC(=O)C(C)(C)C(=O)OC. The van der Waals surface area contributed by atoms with E-state index in [1.54, 1.807) is 13.8 Å². The maximum absolute atomic E-state index is 11.4. The molecule has 1 N–H and O–H groups in total. The number of hydrogen-bond donors (Lipinski definition) is 1. The van der Waals surface area contributed by atoms with Gasteiger partial charge in [0.25, 0.3) is 0 Å². The van der Waals surface area contributed by atoms with Gasteiger partial charge in [-0.1, -0.05) is 6.92 Å². The minimum atomic E-state index is -1.09. The number of ether oxygens (including phenoxy) is 1. The van der Waals surface area contributed by atoms with Gasteiger partial charge in [-0.15, -0.1) is 0 Å². The van der Waals surface area contributed by atoms with Crippen molar-refractivity contribution in [2.75, 3.05) is 13.7 Å². The first kappa shape index (κ1) is 11.9. The molecular weight excluding hydrogens is 170 g/mol. The van der Waals surface area contributed by atoms with Gasteiger partial charge < -0.3 is 10.1 Å². The molecular formula is C9H17NO3. The van der Waals surface area contributed by atoms with Gasteiger partial charge in [-0.2, -0.15) is 0 Å². The van der Waals surface area contributed by atoms with Crippen molar-refractivity contribution in [1.29, 1.82) is 0 Å². The Morgan fingerprint density at radius 2 is 1.92 bits per heavy atom. The summed E-state index contributed by atoms with van der Waals surface area (Å²) in [6.07, 6.45) is 0.850. The monoisotopic (exact) mass is 187 g/mol. The molecule has 0 fully saturated rings. The van der Waals surface area contributed by atoms with Crippen LogP contribution < -0.4 is 5.32 Å². The van der Waals surface area contributed by atoms with Crippen LogP contribution in [0.3, 0.4) is 0 Å². The van der Waals surface area contributed by atoms with Gasteiger partial charge in [-0.3, -0.25) is 9.59 Å². The lowest BCUT2D eigenvalue weighted by atomic mass is 9.92. The van der Waals surface area contributed by atoms with Crippen molar-refractivity contribution >= 4 is 11.9 Å². The number of rotatable bonds is 4. The number of carbonyl (C=O) groups is 2. The smallest absolute Gasteiger partial charge is 0.320 e. The summed E-state index contributed by atoms with van der Waals surface area (Å²) in [4.78, 5) is 22.6. The van der Waals surface area contributed by atoms with Crippen LogP contribution in [-0.2, 0) is 14.3 Å². The summed E-state index contributed by atoms with van der Waals surface area (Å²) < 4.78 is 4.52. The second kappa shape index (κ2) is 4.84. The third-order valence-corrected chi connectivity index (χ3v) is 1.80. The number of esters is 1. The Balaban J connectivity index is 4.27. The van der Waals surface area contributed by atoms with Gasteiger partial charge in [0.05, 0.1) is 7.11 Å². The van der Waals surface area contributed by atoms with Crippen molar-refractivity contribution in [3.63, 3.8) is 0 Å². The van der Waals surface area contributed by atoms with Gasteiger partial charge in [0.1, 0.15) is 5.41 Å². The summed E-state index contributed by atoms with van der Waals surface area (Å²) in [5, 5.41) is 2.65. The summed E-state index contributed by atoms with van der Waals surface area (Å²) in [6, 6.07) is 0. The largest absolute Gasteiger partial charge is 0.468 e. The Morgan fingerprint density at radius 1 is 1.38 bits per heavy atom. The molecule has 0 radical (unpaired) electrons. The Hall–Kier alpha value is -1.06. The Bertz CT molecular complexity index is 199. The van der Waals surface area contributed by atoms with E-state index in [-0.39, 0.29) is 5.91 Å². The van der Waals surface area contributed by atoms with E-state index in [2.05, 4.69) is 10.1 Å². The molecule has 0 aromatic rings. The van der Waals surface area contributed by atoms with Crippen LogP contribution in [0.5, 0.6) is 0 Å². The fourth-order valence-corrected chi connectivity index (χ4v) is 0.807. The van der Waals surface area contributed by atoms with Crippen molar-refractivity contribution in [2.24, 2.45) is 5.41 Å². The van der Waals surface area contributed by atoms with E-state index in [0.717, 1.165) is 6.42 Å². The van der Waals surface area contributed by atoms with Gasteiger partial charge >= 0.3 is 5.97 Å². The lowest BCUT2D eigenvalue weighted by Crippen LogP contribution is -2.43. The highest BCUT2D eigenvalue weighted by atomic mass is 16.5. The molecule has 0 aliphatic rings. The molecule has 0 aromatic carbocycles. The molecule has 4 heteroatoms. The van der Waals surface area contributed by atoms with E-state index in [4.69, 9.17) is 0 Å². The first-order valence-electron chi connectivity index (χ1n) is 4.33. The molecule has 0 heterocycles. The maximum atomic E-state index is 11.4. The third kappa shape index (κ3) is 3.05. The summed E-state index contributed by atoms with van der Waals surface area (Å²) in [7, 11) is 1.27. The highest BCUT2D eigenvalue weighted by molar-refractivity contribution is 6.01. The van der Waals surface area contributed by atoms with Crippen LogP contribution in [0.1, 0.15) is 27.2 Å². The van der Waals surface area contributed by atoms with Gasteiger partial charge in [0, 0.05) is 6.54 Å². The zero-order valence-electron chi connectivity index (χ0n) is 8.64. The van der Waals surface area contributed by atoms with Crippen molar-refractivity contribution in [3.8, 4) is 0 Å². The first-order chi connectivity index (χ1) is 5.96. The molecule has 0 spiro atoms. The number of methoxy groups -OCH3 is 1. The normalized spacial score (nSPS) is 10.8. The van der Waals surface area contributed by atoms with Crippen LogP contribution in [0.15, 0.2) is 0 Å². The van der Waals surface area contributed by atoms with Crippen LogP contribution >= 0.6 is 0 Å². The molecule has 1 amide bonds. The number of carbonyl (C=O) groups excluding carboxylic acids is 2. The van der Waals surface area contributed by atoms with E-state index in [1.165, 1.54) is 7.11 Å². The molecule has 0 aliphatic carbocycles. The minimum Gasteiger partial charge on any atom is -0.468 e. The van der Waals surface area contributed by atoms with Crippen LogP contribution in [0, 0.1) is 5.41 Å². The molecule has 76 valence electrons. The van der Waals surface area contributed by atoms with Gasteiger partial charge in [-0.05, 0) is 20.3 Å². The van der Waals surface area contributed by atoms with Crippen LogP contribution in [0.4, 0.5) is 0 Å². The predicted molar refractivity (Wildman–Crippen MR) is 49.1 cm³/mol. The standard InChI is InChI=1S/C9H17NO3/c1-5-6-10-7(11)9(2,3)8(12)13-4/h5-6H2,1-4H3,(H,10,11). The lowest BCUT2D eigenvalue weighted by molar-refractivity contribution is -0.156. The zero-order valence-corrected chi connectivity index (χ0v) is 8.64. The van der Waals surface area contributed by atoms with E-state index in [9.17, 15) is 9.59 Å². The number of amides is 1. The summed E-state index contributed by atoms with van der Waals surface area (Å²) in [6.45, 7) is 5.62. The maximum Gasteiger partial charge on any atom is 0.320 e.